The molecule has 1 aromatic rings. The normalized spacial score (nSPS) is 18.6. The Bertz CT molecular complexity index is 519. The lowest BCUT2D eigenvalue weighted by molar-refractivity contribution is -0.138. The van der Waals surface area contributed by atoms with E-state index in [4.69, 9.17) is 10.8 Å². The Hall–Kier alpha value is -2.11. The van der Waals surface area contributed by atoms with Gasteiger partial charge >= 0.3 is 5.97 Å². The highest BCUT2D eigenvalue weighted by molar-refractivity contribution is 5.99. The van der Waals surface area contributed by atoms with Gasteiger partial charge in [-0.1, -0.05) is 6.07 Å². The molecule has 1 atom stereocenters. The highest BCUT2D eigenvalue weighted by Gasteiger charge is 2.29. The van der Waals surface area contributed by atoms with E-state index in [0.717, 1.165) is 0 Å². The van der Waals surface area contributed by atoms with Gasteiger partial charge in [0.1, 0.15) is 5.82 Å². The number of nitrogen functional groups attached to an aromatic ring is 1. The summed E-state index contributed by atoms with van der Waals surface area (Å²) >= 11 is 0. The largest absolute Gasteiger partial charge is 0.481 e. The summed E-state index contributed by atoms with van der Waals surface area (Å²) in [7, 11) is 0. The number of carboxylic acid groups (broad SMARTS) is 1. The van der Waals surface area contributed by atoms with E-state index in [0.29, 0.717) is 19.5 Å². The Morgan fingerprint density at radius 1 is 1.47 bits per heavy atom. The number of nitrogens with two attached hydrogens (primary N) is 1. The first-order chi connectivity index (χ1) is 8.99. The molecule has 1 unspecified atom stereocenters. The van der Waals surface area contributed by atoms with Gasteiger partial charge in [-0.2, -0.15) is 0 Å². The molecule has 1 amide bonds. The zero-order valence-corrected chi connectivity index (χ0v) is 10.3. The minimum Gasteiger partial charge on any atom is -0.481 e. The number of nitrogens with zero attached hydrogens (tertiary/aromatic N) is 1. The fourth-order valence-corrected chi connectivity index (χ4v) is 2.32. The van der Waals surface area contributed by atoms with Crippen molar-refractivity contribution >= 4 is 17.6 Å². The van der Waals surface area contributed by atoms with Crippen LogP contribution in [0.4, 0.5) is 10.1 Å². The summed E-state index contributed by atoms with van der Waals surface area (Å²) in [5.41, 5.74) is 5.53. The van der Waals surface area contributed by atoms with Crippen molar-refractivity contribution in [3.63, 3.8) is 0 Å². The average molecular weight is 266 g/mol. The Labute approximate surface area is 109 Å². The standard InChI is InChI=1S/C13H15FN2O3/c14-10-3-1-2-9(12(10)15)13(19)16-5-4-8(7-16)6-11(17)18/h1-3,8H,4-7,15H2,(H,17,18). The van der Waals surface area contributed by atoms with E-state index in [2.05, 4.69) is 0 Å². The first-order valence-corrected chi connectivity index (χ1v) is 6.04. The average Bonchev–Trinajstić information content (AvgIpc) is 2.79. The number of hydrogen-bond donors (Lipinski definition) is 2. The minimum atomic E-state index is -0.871. The van der Waals surface area contributed by atoms with Crippen LogP contribution in [0.2, 0.25) is 0 Å². The van der Waals surface area contributed by atoms with Crippen molar-refractivity contribution in [3.8, 4) is 0 Å². The number of amides is 1. The number of rotatable bonds is 3. The highest BCUT2D eigenvalue weighted by atomic mass is 19.1. The van der Waals surface area contributed by atoms with E-state index in [1.165, 1.54) is 23.1 Å². The number of para-hydroxylation sites is 1. The smallest absolute Gasteiger partial charge is 0.303 e. The summed E-state index contributed by atoms with van der Waals surface area (Å²) < 4.78 is 13.3. The second-order valence-electron chi connectivity index (χ2n) is 4.70. The summed E-state index contributed by atoms with van der Waals surface area (Å²) in [6.07, 6.45) is 0.690. The number of carbonyl (C=O) groups excluding carboxylic acids is 1. The number of carbonyl (C=O) groups is 2. The number of carboxylic acids is 1. The van der Waals surface area contributed by atoms with Crippen LogP contribution in [0.15, 0.2) is 18.2 Å². The Morgan fingerprint density at radius 2 is 2.21 bits per heavy atom. The predicted molar refractivity (Wildman–Crippen MR) is 67.1 cm³/mol. The minimum absolute atomic E-state index is 0.0441. The topological polar surface area (TPSA) is 83.6 Å². The predicted octanol–water partition coefficient (Wildman–Crippen LogP) is 1.34. The van der Waals surface area contributed by atoms with E-state index in [1.54, 1.807) is 0 Å². The molecule has 5 nitrogen and oxygen atoms in total. The molecule has 1 heterocycles. The van der Waals surface area contributed by atoms with Gasteiger partial charge in [-0.05, 0) is 24.5 Å². The number of hydrogen-bond acceptors (Lipinski definition) is 3. The first kappa shape index (κ1) is 13.3. The molecule has 1 aromatic carbocycles. The van der Waals surface area contributed by atoms with Crippen LogP contribution in [0.1, 0.15) is 23.2 Å². The third-order valence-corrected chi connectivity index (χ3v) is 3.32. The number of halogens is 1. The lowest BCUT2D eigenvalue weighted by Gasteiger charge is -2.17. The van der Waals surface area contributed by atoms with Crippen LogP contribution in [-0.4, -0.2) is 35.0 Å². The maximum atomic E-state index is 13.3. The van der Waals surface area contributed by atoms with Crippen LogP contribution < -0.4 is 5.73 Å². The molecule has 2 rings (SSSR count). The first-order valence-electron chi connectivity index (χ1n) is 6.04. The molecule has 0 aromatic heterocycles. The van der Waals surface area contributed by atoms with Gasteiger partial charge in [0.25, 0.3) is 5.91 Å². The van der Waals surface area contributed by atoms with Crippen molar-refractivity contribution in [3.05, 3.63) is 29.6 Å². The number of benzene rings is 1. The van der Waals surface area contributed by atoms with Crippen molar-refractivity contribution in [2.24, 2.45) is 5.92 Å². The van der Waals surface area contributed by atoms with Gasteiger partial charge in [0.2, 0.25) is 0 Å². The SMILES string of the molecule is Nc1c(F)cccc1C(=O)N1CCC(CC(=O)O)C1. The molecule has 19 heavy (non-hydrogen) atoms. The quantitative estimate of drug-likeness (QED) is 0.809. The Kier molecular flexibility index (Phi) is 3.69. The number of aliphatic carboxylic acids is 1. The molecule has 1 aliphatic heterocycles. The van der Waals surface area contributed by atoms with Crippen LogP contribution in [0, 0.1) is 11.7 Å². The molecule has 6 heteroatoms. The lowest BCUT2D eigenvalue weighted by atomic mass is 10.1. The maximum absolute atomic E-state index is 13.3. The third-order valence-electron chi connectivity index (χ3n) is 3.32. The van der Waals surface area contributed by atoms with Crippen LogP contribution in [0.25, 0.3) is 0 Å². The summed E-state index contributed by atoms with van der Waals surface area (Å²) in [6.45, 7) is 0.855. The molecular formula is C13H15FN2O3. The third kappa shape index (κ3) is 2.83. The van der Waals surface area contributed by atoms with Gasteiger partial charge in [-0.15, -0.1) is 0 Å². The van der Waals surface area contributed by atoms with Gasteiger partial charge in [0.05, 0.1) is 11.3 Å². The zero-order chi connectivity index (χ0) is 14.0. The maximum Gasteiger partial charge on any atom is 0.303 e. The van der Waals surface area contributed by atoms with Gasteiger partial charge in [-0.3, -0.25) is 9.59 Å². The van der Waals surface area contributed by atoms with E-state index in [1.807, 2.05) is 0 Å². The van der Waals surface area contributed by atoms with Crippen molar-refractivity contribution in [2.75, 3.05) is 18.8 Å². The van der Waals surface area contributed by atoms with E-state index < -0.39 is 11.8 Å². The van der Waals surface area contributed by atoms with Gasteiger partial charge in [0, 0.05) is 19.5 Å². The fraction of sp³-hybridized carbons (Fsp3) is 0.385. The van der Waals surface area contributed by atoms with Crippen LogP contribution in [0.5, 0.6) is 0 Å². The van der Waals surface area contributed by atoms with Crippen molar-refractivity contribution in [1.82, 2.24) is 4.90 Å². The molecule has 1 fully saturated rings. The molecule has 0 bridgehead atoms. The summed E-state index contributed by atoms with van der Waals surface area (Å²) in [5, 5.41) is 8.72. The van der Waals surface area contributed by atoms with E-state index >= 15 is 0 Å². The molecular weight excluding hydrogens is 251 g/mol. The van der Waals surface area contributed by atoms with Crippen molar-refractivity contribution < 1.29 is 19.1 Å². The monoisotopic (exact) mass is 266 g/mol. The lowest BCUT2D eigenvalue weighted by Crippen LogP contribution is -2.29. The van der Waals surface area contributed by atoms with Gasteiger partial charge in [-0.25, -0.2) is 4.39 Å². The van der Waals surface area contributed by atoms with E-state index in [-0.39, 0.29) is 29.5 Å². The molecule has 102 valence electrons. The molecule has 0 radical (unpaired) electrons. The van der Waals surface area contributed by atoms with Crippen molar-refractivity contribution in [1.29, 1.82) is 0 Å². The molecule has 0 aliphatic carbocycles. The van der Waals surface area contributed by atoms with Crippen LogP contribution in [0.3, 0.4) is 0 Å². The highest BCUT2D eigenvalue weighted by Crippen LogP contribution is 2.24. The summed E-state index contributed by atoms with van der Waals surface area (Å²) in [4.78, 5) is 24.3. The van der Waals surface area contributed by atoms with E-state index in [9.17, 15) is 14.0 Å². The molecule has 0 spiro atoms. The second kappa shape index (κ2) is 5.26. The second-order valence-corrected chi connectivity index (χ2v) is 4.70. The molecule has 0 saturated carbocycles. The molecule has 3 N–H and O–H groups in total. The van der Waals surface area contributed by atoms with Crippen molar-refractivity contribution in [2.45, 2.75) is 12.8 Å². The number of likely N-dealkylation sites (tertiary alicyclic amines) is 1. The summed E-state index contributed by atoms with van der Waals surface area (Å²) in [5.74, 6) is -1.88. The molecule has 1 saturated heterocycles. The summed E-state index contributed by atoms with van der Waals surface area (Å²) in [6, 6.07) is 4.11. The Balaban J connectivity index is 2.09. The fourth-order valence-electron chi connectivity index (χ4n) is 2.32. The zero-order valence-electron chi connectivity index (χ0n) is 10.3. The molecule has 1 aliphatic rings. The van der Waals surface area contributed by atoms with Crippen LogP contribution >= 0.6 is 0 Å². The van der Waals surface area contributed by atoms with Crippen LogP contribution in [-0.2, 0) is 4.79 Å². The van der Waals surface area contributed by atoms with Gasteiger partial charge < -0.3 is 15.7 Å². The van der Waals surface area contributed by atoms with Gasteiger partial charge in [0.15, 0.2) is 0 Å². The Morgan fingerprint density at radius 3 is 2.89 bits per heavy atom. The number of anilines is 1.